The normalized spacial score (nSPS) is 39.4. The van der Waals surface area contributed by atoms with E-state index in [1.807, 2.05) is 0 Å². The minimum atomic E-state index is 0.178. The molecule has 2 fully saturated rings. The summed E-state index contributed by atoms with van der Waals surface area (Å²) in [5.41, 5.74) is 9.63. The zero-order valence-electron chi connectivity index (χ0n) is 8.96. The highest BCUT2D eigenvalue weighted by Crippen LogP contribution is 2.37. The zero-order valence-corrected chi connectivity index (χ0v) is 8.96. The Morgan fingerprint density at radius 3 is 2.64 bits per heavy atom. The molecule has 2 atom stereocenters. The Hall–Kier alpha value is -0.160. The lowest BCUT2D eigenvalue weighted by Crippen LogP contribution is -2.67. The molecule has 14 heavy (non-hydrogen) atoms. The molecule has 0 radical (unpaired) electrons. The van der Waals surface area contributed by atoms with Gasteiger partial charge < -0.3 is 10.5 Å². The number of hydrogen-bond donors (Lipinski definition) is 2. The van der Waals surface area contributed by atoms with Gasteiger partial charge in [-0.15, -0.1) is 0 Å². The quantitative estimate of drug-likeness (QED) is 0.669. The molecule has 1 saturated carbocycles. The summed E-state index contributed by atoms with van der Waals surface area (Å²) in [6.45, 7) is 6.66. The zero-order chi connectivity index (χ0) is 10.0. The van der Waals surface area contributed by atoms with Gasteiger partial charge in [0.2, 0.25) is 0 Å². The molecule has 82 valence electrons. The van der Waals surface area contributed by atoms with Crippen molar-refractivity contribution in [3.05, 3.63) is 0 Å². The van der Waals surface area contributed by atoms with E-state index in [1.165, 1.54) is 12.8 Å². The fraction of sp³-hybridized carbons (Fsp3) is 1.00. The van der Waals surface area contributed by atoms with Crippen LogP contribution in [0.15, 0.2) is 0 Å². The molecule has 2 aliphatic rings. The van der Waals surface area contributed by atoms with Crippen LogP contribution in [0.4, 0.5) is 0 Å². The van der Waals surface area contributed by atoms with Crippen molar-refractivity contribution in [1.29, 1.82) is 0 Å². The lowest BCUT2D eigenvalue weighted by Gasteiger charge is -2.51. The molecule has 4 nitrogen and oxygen atoms in total. The summed E-state index contributed by atoms with van der Waals surface area (Å²) in [6.07, 6.45) is 2.51. The standard InChI is InChI=1S/C10H21N3O/c1-9-2-3-10(9,8-11)12-13-4-6-14-7-5-13/h9,12H,2-8,11H2,1H3. The van der Waals surface area contributed by atoms with Crippen molar-refractivity contribution in [2.45, 2.75) is 25.3 Å². The van der Waals surface area contributed by atoms with Crippen LogP contribution in [-0.4, -0.2) is 43.4 Å². The van der Waals surface area contributed by atoms with E-state index < -0.39 is 0 Å². The number of rotatable bonds is 3. The number of ether oxygens (including phenoxy) is 1. The van der Waals surface area contributed by atoms with Crippen molar-refractivity contribution in [3.63, 3.8) is 0 Å². The SMILES string of the molecule is CC1CCC1(CN)NN1CCOCC1. The molecule has 1 saturated heterocycles. The second-order valence-electron chi connectivity index (χ2n) is 4.51. The molecule has 3 N–H and O–H groups in total. The molecule has 0 aromatic heterocycles. The molecule has 1 aliphatic carbocycles. The van der Waals surface area contributed by atoms with Crippen molar-refractivity contribution in [3.8, 4) is 0 Å². The van der Waals surface area contributed by atoms with E-state index in [9.17, 15) is 0 Å². The van der Waals surface area contributed by atoms with E-state index in [0.717, 1.165) is 32.8 Å². The number of nitrogens with zero attached hydrogens (tertiary/aromatic N) is 1. The number of hydrazine groups is 1. The summed E-state index contributed by atoms with van der Waals surface area (Å²) in [5.74, 6) is 0.704. The molecule has 1 aliphatic heterocycles. The van der Waals surface area contributed by atoms with E-state index in [0.29, 0.717) is 5.92 Å². The molecule has 2 unspecified atom stereocenters. The van der Waals surface area contributed by atoms with E-state index in [2.05, 4.69) is 17.4 Å². The van der Waals surface area contributed by atoms with E-state index in [-0.39, 0.29) is 5.54 Å². The Balaban J connectivity index is 1.87. The Morgan fingerprint density at radius 1 is 1.50 bits per heavy atom. The van der Waals surface area contributed by atoms with Gasteiger partial charge in [0.05, 0.1) is 13.2 Å². The van der Waals surface area contributed by atoms with Crippen LogP contribution in [0.2, 0.25) is 0 Å². The van der Waals surface area contributed by atoms with Crippen LogP contribution >= 0.6 is 0 Å². The van der Waals surface area contributed by atoms with E-state index in [4.69, 9.17) is 10.5 Å². The molecule has 0 bridgehead atoms. The highest BCUT2D eigenvalue weighted by Gasteiger charge is 2.43. The van der Waals surface area contributed by atoms with Gasteiger partial charge in [0.1, 0.15) is 0 Å². The highest BCUT2D eigenvalue weighted by atomic mass is 16.5. The summed E-state index contributed by atoms with van der Waals surface area (Å²) < 4.78 is 5.31. The average molecular weight is 199 g/mol. The summed E-state index contributed by atoms with van der Waals surface area (Å²) in [4.78, 5) is 0. The Morgan fingerprint density at radius 2 is 2.21 bits per heavy atom. The largest absolute Gasteiger partial charge is 0.379 e. The molecular formula is C10H21N3O. The topological polar surface area (TPSA) is 50.5 Å². The first-order chi connectivity index (χ1) is 6.77. The van der Waals surface area contributed by atoms with Crippen molar-refractivity contribution < 1.29 is 4.74 Å². The Labute approximate surface area is 85.7 Å². The van der Waals surface area contributed by atoms with Gasteiger partial charge in [0.15, 0.2) is 0 Å². The predicted octanol–water partition coefficient (Wildman–Crippen LogP) is -0.0494. The fourth-order valence-corrected chi connectivity index (χ4v) is 2.29. The first-order valence-electron chi connectivity index (χ1n) is 5.57. The molecular weight excluding hydrogens is 178 g/mol. The monoisotopic (exact) mass is 199 g/mol. The third kappa shape index (κ3) is 1.80. The van der Waals surface area contributed by atoms with Gasteiger partial charge in [-0.1, -0.05) is 6.92 Å². The van der Waals surface area contributed by atoms with Gasteiger partial charge in [-0.3, -0.25) is 0 Å². The molecule has 1 heterocycles. The molecule has 4 heteroatoms. The van der Waals surface area contributed by atoms with Crippen LogP contribution in [0.5, 0.6) is 0 Å². The molecule has 0 aromatic rings. The molecule has 0 amide bonds. The third-order valence-corrected chi connectivity index (χ3v) is 3.72. The number of nitrogens with one attached hydrogen (secondary N) is 1. The maximum absolute atomic E-state index is 5.86. The van der Waals surface area contributed by atoms with E-state index in [1.54, 1.807) is 0 Å². The van der Waals surface area contributed by atoms with Gasteiger partial charge in [0.25, 0.3) is 0 Å². The average Bonchev–Trinajstić information content (AvgIpc) is 2.25. The first kappa shape index (κ1) is 10.4. The van der Waals surface area contributed by atoms with Crippen LogP contribution in [0.25, 0.3) is 0 Å². The van der Waals surface area contributed by atoms with Gasteiger partial charge >= 0.3 is 0 Å². The predicted molar refractivity (Wildman–Crippen MR) is 55.7 cm³/mol. The van der Waals surface area contributed by atoms with Crippen molar-refractivity contribution in [2.24, 2.45) is 11.7 Å². The van der Waals surface area contributed by atoms with Gasteiger partial charge in [-0.05, 0) is 18.8 Å². The molecule has 0 spiro atoms. The summed E-state index contributed by atoms with van der Waals surface area (Å²) in [7, 11) is 0. The second kappa shape index (κ2) is 4.14. The van der Waals surface area contributed by atoms with E-state index >= 15 is 0 Å². The van der Waals surface area contributed by atoms with Gasteiger partial charge in [-0.2, -0.15) is 0 Å². The van der Waals surface area contributed by atoms with Crippen molar-refractivity contribution in [1.82, 2.24) is 10.4 Å². The van der Waals surface area contributed by atoms with Crippen LogP contribution in [0, 0.1) is 5.92 Å². The Bertz CT molecular complexity index is 190. The highest BCUT2D eigenvalue weighted by molar-refractivity contribution is 5.01. The minimum Gasteiger partial charge on any atom is -0.379 e. The van der Waals surface area contributed by atoms with Crippen LogP contribution < -0.4 is 11.2 Å². The van der Waals surface area contributed by atoms with Crippen LogP contribution in [0.1, 0.15) is 19.8 Å². The second-order valence-corrected chi connectivity index (χ2v) is 4.51. The maximum atomic E-state index is 5.86. The maximum Gasteiger partial charge on any atom is 0.0608 e. The summed E-state index contributed by atoms with van der Waals surface area (Å²) >= 11 is 0. The molecule has 0 aromatic carbocycles. The van der Waals surface area contributed by atoms with Crippen molar-refractivity contribution in [2.75, 3.05) is 32.8 Å². The lowest BCUT2D eigenvalue weighted by molar-refractivity contribution is -0.0466. The third-order valence-electron chi connectivity index (χ3n) is 3.72. The van der Waals surface area contributed by atoms with Gasteiger partial charge in [-0.25, -0.2) is 10.4 Å². The van der Waals surface area contributed by atoms with Gasteiger partial charge in [0, 0.05) is 25.2 Å². The fourth-order valence-electron chi connectivity index (χ4n) is 2.29. The van der Waals surface area contributed by atoms with Crippen LogP contribution in [-0.2, 0) is 4.74 Å². The lowest BCUT2D eigenvalue weighted by atomic mass is 9.68. The smallest absolute Gasteiger partial charge is 0.0608 e. The number of nitrogens with two attached hydrogens (primary N) is 1. The minimum absolute atomic E-state index is 0.178. The summed E-state index contributed by atoms with van der Waals surface area (Å²) in [5, 5.41) is 2.27. The molecule has 2 rings (SSSR count). The summed E-state index contributed by atoms with van der Waals surface area (Å²) in [6, 6.07) is 0. The number of morpholine rings is 1. The van der Waals surface area contributed by atoms with Crippen molar-refractivity contribution >= 4 is 0 Å². The van der Waals surface area contributed by atoms with Crippen LogP contribution in [0.3, 0.4) is 0 Å². The Kier molecular flexibility index (Phi) is 3.07. The first-order valence-corrected chi connectivity index (χ1v) is 5.57. The number of hydrogen-bond acceptors (Lipinski definition) is 4.